The Morgan fingerprint density at radius 2 is 0.746 bits per heavy atom. The van der Waals surface area contributed by atoms with Crippen LogP contribution in [0.4, 0.5) is 11.9 Å². The number of benzene rings is 4. The quantitative estimate of drug-likeness (QED) is 0.102. The summed E-state index contributed by atoms with van der Waals surface area (Å²) in [5.41, 5.74) is 2.06. The largest absolute Gasteiger partial charge is 0.371 e. The van der Waals surface area contributed by atoms with Gasteiger partial charge in [-0.15, -0.1) is 0 Å². The summed E-state index contributed by atoms with van der Waals surface area (Å²) in [6, 6.07) is 22.5. The van der Waals surface area contributed by atoms with Gasteiger partial charge in [0.15, 0.2) is 0 Å². The van der Waals surface area contributed by atoms with Crippen molar-refractivity contribution in [2.45, 2.75) is 71.4 Å². The molecule has 0 aliphatic carbocycles. The van der Waals surface area contributed by atoms with E-state index in [1.54, 1.807) is 106 Å². The molecule has 8 amide bonds. The van der Waals surface area contributed by atoms with E-state index in [1.807, 2.05) is 20.8 Å². The van der Waals surface area contributed by atoms with Gasteiger partial charge in [0.05, 0.1) is 81.0 Å². The van der Waals surface area contributed by atoms with E-state index in [4.69, 9.17) is 9.47 Å². The van der Waals surface area contributed by atoms with Gasteiger partial charge in [0.25, 0.3) is 47.3 Å². The summed E-state index contributed by atoms with van der Waals surface area (Å²) in [5.74, 6) is -4.22. The van der Waals surface area contributed by atoms with E-state index in [-0.39, 0.29) is 69.5 Å². The zero-order chi connectivity index (χ0) is 50.3. The first kappa shape index (κ1) is 46.3. The predicted molar refractivity (Wildman–Crippen MR) is 255 cm³/mol. The molecule has 71 heavy (non-hydrogen) atoms. The molecule has 0 bridgehead atoms. The Balaban J connectivity index is 0.747. The molecule has 18 nitrogen and oxygen atoms in total. The first-order chi connectivity index (χ1) is 33.8. The van der Waals surface area contributed by atoms with Gasteiger partial charge in [-0.3, -0.25) is 48.2 Å². The molecule has 2 atom stereocenters. The van der Waals surface area contributed by atoms with Crippen LogP contribution in [0.3, 0.4) is 0 Å². The number of imide groups is 4. The van der Waals surface area contributed by atoms with E-state index in [2.05, 4.69) is 19.9 Å². The standard InChI is InChI=1S/C53H44N8O10/c1-28(70-53(5,6)27-59-43(63)35-14-10-31(22-39(35)45(59)65)33-12-16-37-41(24-33)49(69)61(47(37)67)51-56-19-8-20-57-51)25-52(3,4)71-29(2)26-58-42(62)34-13-9-30(21-38(34)44(58)64)32-11-15-36-40(23-32)48(68)60(46(36)66)50-54-17-7-18-55-50/h7-24,28-29H,25-27H2,1-6H3. The molecule has 4 aromatic carbocycles. The van der Waals surface area contributed by atoms with Gasteiger partial charge in [0.2, 0.25) is 11.9 Å². The third-order valence-electron chi connectivity index (χ3n) is 12.7. The maximum Gasteiger partial charge on any atom is 0.268 e. The molecule has 0 saturated carbocycles. The molecular formula is C53H44N8O10. The minimum Gasteiger partial charge on any atom is -0.371 e. The van der Waals surface area contributed by atoms with E-state index < -0.39 is 70.7 Å². The van der Waals surface area contributed by atoms with Crippen molar-refractivity contribution in [3.05, 3.63) is 154 Å². The highest BCUT2D eigenvalue weighted by molar-refractivity contribution is 6.35. The summed E-state index contributed by atoms with van der Waals surface area (Å²) >= 11 is 0. The van der Waals surface area contributed by atoms with Crippen molar-refractivity contribution < 1.29 is 47.8 Å². The SMILES string of the molecule is CC(CN1C(=O)c2ccc(-c3ccc4c(c3)C(=O)N(c3ncccn3)C4=O)cc2C1=O)OC(C)(C)CC(C)OC(C)(C)CN1C(=O)c2ccc(-c3ccc4c(c3)C(=O)N(c3ncccn3)C4=O)cc2C1=O. The second-order valence-corrected chi connectivity index (χ2v) is 19.0. The number of fused-ring (bicyclic) bond motifs is 4. The number of anilines is 2. The van der Waals surface area contributed by atoms with Crippen LogP contribution >= 0.6 is 0 Å². The molecule has 0 spiro atoms. The molecule has 18 heteroatoms. The lowest BCUT2D eigenvalue weighted by molar-refractivity contribution is -0.127. The molecule has 0 fully saturated rings. The molecule has 10 rings (SSSR count). The Morgan fingerprint density at radius 1 is 0.423 bits per heavy atom. The lowest BCUT2D eigenvalue weighted by Crippen LogP contribution is -2.46. The molecule has 4 aliphatic heterocycles. The van der Waals surface area contributed by atoms with Gasteiger partial charge < -0.3 is 9.47 Å². The molecule has 2 aromatic heterocycles. The van der Waals surface area contributed by atoms with Gasteiger partial charge >= 0.3 is 0 Å². The maximum atomic E-state index is 13.9. The monoisotopic (exact) mass is 952 g/mol. The zero-order valence-electron chi connectivity index (χ0n) is 39.3. The minimum atomic E-state index is -0.998. The molecule has 0 saturated heterocycles. The Kier molecular flexibility index (Phi) is 11.2. The van der Waals surface area contributed by atoms with Crippen LogP contribution in [-0.2, 0) is 9.47 Å². The first-order valence-corrected chi connectivity index (χ1v) is 22.8. The van der Waals surface area contributed by atoms with E-state index in [0.717, 1.165) is 19.6 Å². The average molecular weight is 953 g/mol. The topological polar surface area (TPSA) is 220 Å². The molecule has 6 aromatic rings. The molecular weight excluding hydrogens is 909 g/mol. The van der Waals surface area contributed by atoms with E-state index in [1.165, 1.54) is 24.8 Å². The van der Waals surface area contributed by atoms with Gasteiger partial charge in [0.1, 0.15) is 0 Å². The first-order valence-electron chi connectivity index (χ1n) is 22.8. The smallest absolute Gasteiger partial charge is 0.268 e. The molecule has 2 unspecified atom stereocenters. The minimum absolute atomic E-state index is 0.0322. The Bertz CT molecular complexity index is 3320. The van der Waals surface area contributed by atoms with Gasteiger partial charge in [0, 0.05) is 31.2 Å². The van der Waals surface area contributed by atoms with Crippen LogP contribution in [0.1, 0.15) is 131 Å². The fourth-order valence-electron chi connectivity index (χ4n) is 9.85. The second kappa shape index (κ2) is 17.2. The average Bonchev–Trinajstić information content (AvgIpc) is 3.93. The number of carbonyl (C=O) groups excluding carboxylic acids is 8. The van der Waals surface area contributed by atoms with Crippen LogP contribution in [0.2, 0.25) is 0 Å². The number of amides is 8. The number of nitrogens with zero attached hydrogens (tertiary/aromatic N) is 8. The molecule has 0 N–H and O–H groups in total. The van der Waals surface area contributed by atoms with E-state index in [0.29, 0.717) is 28.7 Å². The summed E-state index contributed by atoms with van der Waals surface area (Å²) in [7, 11) is 0. The van der Waals surface area contributed by atoms with E-state index in [9.17, 15) is 38.4 Å². The highest BCUT2D eigenvalue weighted by Crippen LogP contribution is 2.36. The van der Waals surface area contributed by atoms with Gasteiger partial charge in [-0.25, -0.2) is 29.7 Å². The molecule has 0 radical (unpaired) electrons. The zero-order valence-corrected chi connectivity index (χ0v) is 39.3. The van der Waals surface area contributed by atoms with Gasteiger partial charge in [-0.1, -0.05) is 24.3 Å². The Labute approximate surface area is 406 Å². The maximum absolute atomic E-state index is 13.9. The number of ether oxygens (including phenoxy) is 2. The van der Waals surface area contributed by atoms with Crippen LogP contribution < -0.4 is 9.80 Å². The van der Waals surface area contributed by atoms with Gasteiger partial charge in [-0.2, -0.15) is 0 Å². The van der Waals surface area contributed by atoms with Crippen molar-refractivity contribution in [2.75, 3.05) is 22.9 Å². The van der Waals surface area contributed by atoms with Crippen molar-refractivity contribution in [1.82, 2.24) is 29.7 Å². The second-order valence-electron chi connectivity index (χ2n) is 19.0. The van der Waals surface area contributed by atoms with Crippen LogP contribution in [-0.4, -0.2) is 113 Å². The molecule has 356 valence electrons. The van der Waals surface area contributed by atoms with E-state index >= 15 is 0 Å². The van der Waals surface area contributed by atoms with Crippen molar-refractivity contribution in [3.8, 4) is 22.3 Å². The number of hydrogen-bond acceptors (Lipinski definition) is 14. The number of aromatic nitrogens is 4. The normalized spacial score (nSPS) is 16.3. The molecule has 6 heterocycles. The Morgan fingerprint density at radius 3 is 1.17 bits per heavy atom. The van der Waals surface area contributed by atoms with Crippen LogP contribution in [0, 0.1) is 0 Å². The third-order valence-corrected chi connectivity index (χ3v) is 12.7. The van der Waals surface area contributed by atoms with Gasteiger partial charge in [-0.05, 0) is 124 Å². The summed E-state index contributed by atoms with van der Waals surface area (Å²) in [4.78, 5) is 128. The summed E-state index contributed by atoms with van der Waals surface area (Å²) in [6.45, 7) is 10.9. The molecule has 4 aliphatic rings. The summed E-state index contributed by atoms with van der Waals surface area (Å²) < 4.78 is 12.9. The number of rotatable bonds is 14. The van der Waals surface area contributed by atoms with Crippen molar-refractivity contribution in [2.24, 2.45) is 0 Å². The summed E-state index contributed by atoms with van der Waals surface area (Å²) in [5, 5.41) is 0. The Hall–Kier alpha value is -8.48. The lowest BCUT2D eigenvalue weighted by Gasteiger charge is -2.37. The fraction of sp³-hybridized carbons (Fsp3) is 0.245. The lowest BCUT2D eigenvalue weighted by atomic mass is 9.97. The highest BCUT2D eigenvalue weighted by Gasteiger charge is 2.43. The van der Waals surface area contributed by atoms with Crippen molar-refractivity contribution in [3.63, 3.8) is 0 Å². The summed E-state index contributed by atoms with van der Waals surface area (Å²) in [6.07, 6.45) is 5.09. The highest BCUT2D eigenvalue weighted by atomic mass is 16.5. The van der Waals surface area contributed by atoms with Crippen LogP contribution in [0.5, 0.6) is 0 Å². The number of carbonyl (C=O) groups is 8. The van der Waals surface area contributed by atoms with Crippen LogP contribution in [0.15, 0.2) is 110 Å². The van der Waals surface area contributed by atoms with Crippen molar-refractivity contribution in [1.29, 1.82) is 0 Å². The predicted octanol–water partition coefficient (Wildman–Crippen LogP) is 6.85. The third kappa shape index (κ3) is 8.15. The fourth-order valence-corrected chi connectivity index (χ4v) is 9.85. The van der Waals surface area contributed by atoms with Crippen LogP contribution in [0.25, 0.3) is 22.3 Å². The number of hydrogen-bond donors (Lipinski definition) is 0. The van der Waals surface area contributed by atoms with Crippen molar-refractivity contribution >= 4 is 59.2 Å².